The molecule has 26 heavy (non-hydrogen) atoms. The maximum Gasteiger partial charge on any atom is 0.330 e. The summed E-state index contributed by atoms with van der Waals surface area (Å²) in [6, 6.07) is 7.02. The average molecular weight is 379 g/mol. The second-order valence-corrected chi connectivity index (χ2v) is 6.31. The van der Waals surface area contributed by atoms with E-state index in [9.17, 15) is 14.4 Å². The Hall–Kier alpha value is -2.54. The van der Waals surface area contributed by atoms with Crippen LogP contribution >= 0.6 is 11.6 Å². The van der Waals surface area contributed by atoms with Crippen LogP contribution < -0.4 is 21.9 Å². The fraction of sp³-hybridized carbons (Fsp3) is 0.389. The van der Waals surface area contributed by atoms with E-state index >= 15 is 0 Å². The Morgan fingerprint density at radius 2 is 1.96 bits per heavy atom. The zero-order chi connectivity index (χ0) is 19.3. The third-order valence-corrected chi connectivity index (χ3v) is 4.50. The number of rotatable bonds is 7. The molecule has 0 spiro atoms. The predicted molar refractivity (Wildman–Crippen MR) is 104 cm³/mol. The number of hydrogen-bond donors (Lipinski definition) is 2. The Labute approximate surface area is 156 Å². The summed E-state index contributed by atoms with van der Waals surface area (Å²) in [5, 5.41) is 0.478. The van der Waals surface area contributed by atoms with Gasteiger partial charge < -0.3 is 10.6 Å². The number of carbonyl (C=O) groups excluding carboxylic acids is 1. The molecule has 1 aromatic carbocycles. The number of likely N-dealkylation sites (N-methyl/N-ethyl adjacent to an activating group) is 1. The van der Waals surface area contributed by atoms with Crippen LogP contribution in [-0.2, 0) is 17.8 Å². The lowest BCUT2D eigenvalue weighted by Gasteiger charge is -2.23. The van der Waals surface area contributed by atoms with E-state index < -0.39 is 11.2 Å². The van der Waals surface area contributed by atoms with E-state index in [1.54, 1.807) is 31.2 Å². The lowest BCUT2D eigenvalue weighted by Crippen LogP contribution is -2.41. The van der Waals surface area contributed by atoms with Gasteiger partial charge in [-0.05, 0) is 25.0 Å². The molecule has 140 valence electrons. The molecule has 3 N–H and O–H groups in total. The van der Waals surface area contributed by atoms with Gasteiger partial charge in [0.15, 0.2) is 5.69 Å². The van der Waals surface area contributed by atoms with E-state index in [-0.39, 0.29) is 30.4 Å². The highest BCUT2D eigenvalue weighted by molar-refractivity contribution is 6.31. The van der Waals surface area contributed by atoms with Crippen LogP contribution in [0.15, 0.2) is 33.9 Å². The number of carbonyl (C=O) groups is 1. The van der Waals surface area contributed by atoms with Crippen LogP contribution in [0.1, 0.15) is 32.3 Å². The molecule has 0 saturated carbocycles. The van der Waals surface area contributed by atoms with Crippen molar-refractivity contribution >= 4 is 29.0 Å². The molecular formula is C18H23ClN4O3. The number of hydrogen-bond acceptors (Lipinski definition) is 4. The Bertz CT molecular complexity index is 904. The molecule has 7 nitrogen and oxygen atoms in total. The van der Waals surface area contributed by atoms with Gasteiger partial charge in [-0.3, -0.25) is 19.1 Å². The average Bonchev–Trinajstić information content (AvgIpc) is 2.60. The standard InChI is InChI=1S/C18H23ClN4O3/c1-3-5-10-23-16(20)15(17(25)21-18(23)26)22(4-2)14(24)11-12-8-6-7-9-13(12)19/h6-9H,3-5,10-11,20H2,1-2H3,(H,21,25,26). The topological polar surface area (TPSA) is 101 Å². The summed E-state index contributed by atoms with van der Waals surface area (Å²) in [7, 11) is 0. The largest absolute Gasteiger partial charge is 0.383 e. The van der Waals surface area contributed by atoms with E-state index in [0.717, 1.165) is 12.8 Å². The van der Waals surface area contributed by atoms with Gasteiger partial charge in [0.2, 0.25) is 5.91 Å². The molecule has 0 unspecified atom stereocenters. The summed E-state index contributed by atoms with van der Waals surface area (Å²) in [5.74, 6) is -0.319. The van der Waals surface area contributed by atoms with Gasteiger partial charge in [-0.25, -0.2) is 4.79 Å². The van der Waals surface area contributed by atoms with Gasteiger partial charge in [-0.2, -0.15) is 0 Å². The maximum absolute atomic E-state index is 12.8. The van der Waals surface area contributed by atoms with Crippen molar-refractivity contribution in [2.24, 2.45) is 0 Å². The van der Waals surface area contributed by atoms with E-state index in [1.165, 1.54) is 9.47 Å². The first kappa shape index (κ1) is 19.8. The summed E-state index contributed by atoms with van der Waals surface area (Å²) in [5.41, 5.74) is 5.50. The Morgan fingerprint density at radius 3 is 2.58 bits per heavy atom. The number of aromatic amines is 1. The highest BCUT2D eigenvalue weighted by atomic mass is 35.5. The Kier molecular flexibility index (Phi) is 6.63. The summed E-state index contributed by atoms with van der Waals surface area (Å²) in [6.07, 6.45) is 1.62. The van der Waals surface area contributed by atoms with Crippen molar-refractivity contribution in [2.45, 2.75) is 39.7 Å². The number of nitrogens with zero attached hydrogens (tertiary/aromatic N) is 2. The van der Waals surface area contributed by atoms with Gasteiger partial charge >= 0.3 is 5.69 Å². The van der Waals surface area contributed by atoms with Crippen molar-refractivity contribution in [1.82, 2.24) is 9.55 Å². The van der Waals surface area contributed by atoms with Crippen molar-refractivity contribution in [3.8, 4) is 0 Å². The molecule has 2 rings (SSSR count). The number of halogens is 1. The van der Waals surface area contributed by atoms with Crippen molar-refractivity contribution in [2.75, 3.05) is 17.2 Å². The van der Waals surface area contributed by atoms with Gasteiger partial charge in [0.25, 0.3) is 5.56 Å². The highest BCUT2D eigenvalue weighted by Gasteiger charge is 2.23. The fourth-order valence-electron chi connectivity index (χ4n) is 2.74. The number of anilines is 2. The van der Waals surface area contributed by atoms with E-state index in [0.29, 0.717) is 17.1 Å². The molecule has 0 aliphatic carbocycles. The molecule has 0 bridgehead atoms. The van der Waals surface area contributed by atoms with Crippen LogP contribution in [0.4, 0.5) is 11.5 Å². The molecule has 0 aliphatic rings. The predicted octanol–water partition coefficient (Wildman–Crippen LogP) is 2.17. The lowest BCUT2D eigenvalue weighted by atomic mass is 10.1. The first-order valence-electron chi connectivity index (χ1n) is 8.57. The van der Waals surface area contributed by atoms with Crippen LogP contribution in [0.25, 0.3) is 0 Å². The van der Waals surface area contributed by atoms with Gasteiger partial charge in [0.1, 0.15) is 5.82 Å². The monoisotopic (exact) mass is 378 g/mol. The quantitative estimate of drug-likeness (QED) is 0.770. The third-order valence-electron chi connectivity index (χ3n) is 4.14. The molecule has 2 aromatic rings. The number of aromatic nitrogens is 2. The minimum Gasteiger partial charge on any atom is -0.383 e. The van der Waals surface area contributed by atoms with Gasteiger partial charge in [-0.15, -0.1) is 0 Å². The first-order valence-corrected chi connectivity index (χ1v) is 8.94. The minimum absolute atomic E-state index is 0.000238. The maximum atomic E-state index is 12.8. The molecular weight excluding hydrogens is 356 g/mol. The number of nitrogens with two attached hydrogens (primary N) is 1. The molecule has 0 radical (unpaired) electrons. The van der Waals surface area contributed by atoms with Crippen molar-refractivity contribution in [3.05, 3.63) is 55.7 Å². The number of nitrogen functional groups attached to an aromatic ring is 1. The lowest BCUT2D eigenvalue weighted by molar-refractivity contribution is -0.117. The minimum atomic E-state index is -0.672. The SMILES string of the molecule is CCCCn1c(N)c(N(CC)C(=O)Cc2ccccc2Cl)c(=O)[nH]c1=O. The number of H-pyrrole nitrogens is 1. The number of unbranched alkanes of at least 4 members (excludes halogenated alkanes) is 1. The number of nitrogens with one attached hydrogen (secondary N) is 1. The van der Waals surface area contributed by atoms with Crippen LogP contribution in [0, 0.1) is 0 Å². The molecule has 0 aliphatic heterocycles. The van der Waals surface area contributed by atoms with Gasteiger partial charge in [0.05, 0.1) is 6.42 Å². The normalized spacial score (nSPS) is 10.7. The third kappa shape index (κ3) is 4.16. The second kappa shape index (κ2) is 8.71. The fourth-order valence-corrected chi connectivity index (χ4v) is 2.94. The molecule has 1 heterocycles. The van der Waals surface area contributed by atoms with Gasteiger partial charge in [0, 0.05) is 18.1 Å². The van der Waals surface area contributed by atoms with Crippen LogP contribution in [0.3, 0.4) is 0 Å². The second-order valence-electron chi connectivity index (χ2n) is 5.90. The van der Waals surface area contributed by atoms with E-state index in [4.69, 9.17) is 17.3 Å². The molecule has 0 atom stereocenters. The molecule has 0 fully saturated rings. The van der Waals surface area contributed by atoms with Crippen molar-refractivity contribution < 1.29 is 4.79 Å². The number of amides is 1. The smallest absolute Gasteiger partial charge is 0.330 e. The van der Waals surface area contributed by atoms with E-state index in [2.05, 4.69) is 4.98 Å². The summed E-state index contributed by atoms with van der Waals surface area (Å²) in [4.78, 5) is 40.7. The Balaban J connectivity index is 2.43. The first-order chi connectivity index (χ1) is 12.4. The number of benzene rings is 1. The zero-order valence-electron chi connectivity index (χ0n) is 14.9. The van der Waals surface area contributed by atoms with Crippen molar-refractivity contribution in [3.63, 3.8) is 0 Å². The molecule has 0 saturated heterocycles. The van der Waals surface area contributed by atoms with Crippen molar-refractivity contribution in [1.29, 1.82) is 0 Å². The molecule has 1 aromatic heterocycles. The summed E-state index contributed by atoms with van der Waals surface area (Å²) < 4.78 is 1.30. The summed E-state index contributed by atoms with van der Waals surface area (Å²) >= 11 is 6.12. The summed E-state index contributed by atoms with van der Waals surface area (Å²) in [6.45, 7) is 4.34. The molecule has 1 amide bonds. The zero-order valence-corrected chi connectivity index (χ0v) is 15.7. The highest BCUT2D eigenvalue weighted by Crippen LogP contribution is 2.21. The Morgan fingerprint density at radius 1 is 1.27 bits per heavy atom. The van der Waals surface area contributed by atoms with Gasteiger partial charge in [-0.1, -0.05) is 43.1 Å². The van der Waals surface area contributed by atoms with E-state index in [1.807, 2.05) is 6.92 Å². The van der Waals surface area contributed by atoms with Crippen LogP contribution in [0.2, 0.25) is 5.02 Å². The van der Waals surface area contributed by atoms with Crippen LogP contribution in [0.5, 0.6) is 0 Å². The van der Waals surface area contributed by atoms with Crippen LogP contribution in [-0.4, -0.2) is 22.0 Å². The molecule has 8 heteroatoms.